The highest BCUT2D eigenvalue weighted by molar-refractivity contribution is 7.98. The smallest absolute Gasteiger partial charge is 0.260 e. The van der Waals surface area contributed by atoms with Crippen molar-refractivity contribution in [1.82, 2.24) is 4.98 Å². The number of carbonyl (C=O) groups is 1. The van der Waals surface area contributed by atoms with Crippen LogP contribution in [0.2, 0.25) is 0 Å². The molecule has 4 aromatic rings. The molecule has 4 rings (SSSR count). The molecule has 0 saturated carbocycles. The Morgan fingerprint density at radius 2 is 1.75 bits per heavy atom. The molecule has 0 N–H and O–H groups in total. The van der Waals surface area contributed by atoms with Crippen LogP contribution in [0.15, 0.2) is 77.7 Å². The first-order valence-corrected chi connectivity index (χ1v) is 11.1. The number of fused-ring (bicyclic) bond motifs is 1. The molecular weight excluding hydrogens is 384 g/mol. The lowest BCUT2D eigenvalue weighted by Crippen LogP contribution is -2.30. The van der Waals surface area contributed by atoms with Crippen LogP contribution in [0, 0.1) is 6.92 Å². The van der Waals surface area contributed by atoms with E-state index in [0.29, 0.717) is 12.1 Å². The molecule has 0 bridgehead atoms. The van der Waals surface area contributed by atoms with Gasteiger partial charge in [0.25, 0.3) is 5.91 Å². The molecule has 0 spiro atoms. The molecule has 0 radical (unpaired) electrons. The van der Waals surface area contributed by atoms with Crippen LogP contribution >= 0.6 is 23.1 Å². The third-order valence-electron chi connectivity index (χ3n) is 4.61. The van der Waals surface area contributed by atoms with Crippen molar-refractivity contribution in [3.05, 3.63) is 89.5 Å². The van der Waals surface area contributed by atoms with Gasteiger partial charge in [-0.2, -0.15) is 0 Å². The van der Waals surface area contributed by atoms with Gasteiger partial charge in [0, 0.05) is 10.5 Å². The van der Waals surface area contributed by atoms with E-state index in [1.165, 1.54) is 0 Å². The number of nitrogens with zero attached hydrogens (tertiary/aromatic N) is 2. The summed E-state index contributed by atoms with van der Waals surface area (Å²) in [5.74, 6) is -0.0341. The second kappa shape index (κ2) is 8.17. The van der Waals surface area contributed by atoms with Crippen molar-refractivity contribution < 1.29 is 4.79 Å². The number of hydrogen-bond donors (Lipinski definition) is 0. The van der Waals surface area contributed by atoms with Gasteiger partial charge in [-0.3, -0.25) is 9.69 Å². The average Bonchev–Trinajstić information content (AvgIpc) is 3.18. The van der Waals surface area contributed by atoms with Crippen LogP contribution in [0.3, 0.4) is 0 Å². The highest BCUT2D eigenvalue weighted by Gasteiger charge is 2.22. The second-order valence-corrected chi connectivity index (χ2v) is 8.41. The molecule has 0 aliphatic carbocycles. The molecule has 0 saturated heterocycles. The number of aryl methyl sites for hydroxylation is 1. The molecule has 28 heavy (non-hydrogen) atoms. The van der Waals surface area contributed by atoms with Crippen LogP contribution in [0.4, 0.5) is 5.13 Å². The van der Waals surface area contributed by atoms with Gasteiger partial charge in [-0.1, -0.05) is 53.8 Å². The van der Waals surface area contributed by atoms with Crippen LogP contribution < -0.4 is 4.90 Å². The number of carbonyl (C=O) groups excluding carboxylic acids is 1. The molecule has 3 aromatic carbocycles. The molecule has 0 unspecified atom stereocenters. The molecule has 1 aromatic heterocycles. The van der Waals surface area contributed by atoms with Gasteiger partial charge in [0.2, 0.25) is 0 Å². The van der Waals surface area contributed by atoms with E-state index < -0.39 is 0 Å². The minimum absolute atomic E-state index is 0.0341. The maximum Gasteiger partial charge on any atom is 0.260 e. The summed E-state index contributed by atoms with van der Waals surface area (Å²) in [6, 6.07) is 23.9. The normalized spacial score (nSPS) is 10.9. The number of thioether (sulfide) groups is 1. The number of aromatic nitrogens is 1. The van der Waals surface area contributed by atoms with Gasteiger partial charge in [-0.05, 0) is 54.6 Å². The van der Waals surface area contributed by atoms with E-state index >= 15 is 0 Å². The van der Waals surface area contributed by atoms with Crippen molar-refractivity contribution in [2.75, 3.05) is 11.2 Å². The molecule has 1 heterocycles. The fourth-order valence-corrected chi connectivity index (χ4v) is 4.52. The molecule has 0 aliphatic heterocycles. The van der Waals surface area contributed by atoms with Crippen LogP contribution in [-0.4, -0.2) is 17.1 Å². The Morgan fingerprint density at radius 3 is 2.43 bits per heavy atom. The predicted molar refractivity (Wildman–Crippen MR) is 120 cm³/mol. The molecule has 5 heteroatoms. The summed E-state index contributed by atoms with van der Waals surface area (Å²) < 4.78 is 1.10. The van der Waals surface area contributed by atoms with E-state index in [1.807, 2.05) is 66.9 Å². The third-order valence-corrected chi connectivity index (χ3v) is 6.39. The number of amides is 1. The first-order chi connectivity index (χ1) is 13.7. The minimum atomic E-state index is -0.0341. The van der Waals surface area contributed by atoms with Gasteiger partial charge < -0.3 is 0 Å². The van der Waals surface area contributed by atoms with Gasteiger partial charge in [-0.15, -0.1) is 11.8 Å². The number of hydrogen-bond acceptors (Lipinski definition) is 4. The van der Waals surface area contributed by atoms with Gasteiger partial charge in [0.15, 0.2) is 5.13 Å². The van der Waals surface area contributed by atoms with Crippen molar-refractivity contribution in [3.8, 4) is 0 Å². The zero-order chi connectivity index (χ0) is 19.5. The summed E-state index contributed by atoms with van der Waals surface area (Å²) in [5, 5.41) is 0.729. The molecule has 1 amide bonds. The maximum absolute atomic E-state index is 13.4. The van der Waals surface area contributed by atoms with Gasteiger partial charge in [-0.25, -0.2) is 4.98 Å². The maximum atomic E-state index is 13.4. The largest absolute Gasteiger partial charge is 0.279 e. The average molecular weight is 405 g/mol. The van der Waals surface area contributed by atoms with Gasteiger partial charge >= 0.3 is 0 Å². The molecule has 3 nitrogen and oxygen atoms in total. The zero-order valence-corrected chi connectivity index (χ0v) is 17.4. The highest BCUT2D eigenvalue weighted by atomic mass is 32.2. The fraction of sp³-hybridized carbons (Fsp3) is 0.130. The molecule has 0 fully saturated rings. The van der Waals surface area contributed by atoms with Crippen LogP contribution in [-0.2, 0) is 6.54 Å². The molecule has 0 aliphatic rings. The highest BCUT2D eigenvalue weighted by Crippen LogP contribution is 2.32. The van der Waals surface area contributed by atoms with E-state index in [0.717, 1.165) is 31.4 Å². The number of rotatable bonds is 5. The van der Waals surface area contributed by atoms with Crippen LogP contribution in [0.25, 0.3) is 10.2 Å². The summed E-state index contributed by atoms with van der Waals surface area (Å²) in [6.45, 7) is 2.54. The lowest BCUT2D eigenvalue weighted by molar-refractivity contribution is 0.0985. The van der Waals surface area contributed by atoms with Gasteiger partial charge in [0.1, 0.15) is 0 Å². The Labute approximate surface area is 173 Å². The number of thiazole rings is 1. The van der Waals surface area contributed by atoms with Crippen molar-refractivity contribution in [2.45, 2.75) is 18.4 Å². The van der Waals surface area contributed by atoms with Crippen molar-refractivity contribution in [2.24, 2.45) is 0 Å². The number of benzene rings is 3. The predicted octanol–water partition coefficient (Wildman–Crippen LogP) is 6.17. The number of para-hydroxylation sites is 1. The fourth-order valence-electron chi connectivity index (χ4n) is 3.07. The van der Waals surface area contributed by atoms with E-state index in [-0.39, 0.29) is 5.91 Å². The Bertz CT molecular complexity index is 1100. The Morgan fingerprint density at radius 1 is 1.00 bits per heavy atom. The topological polar surface area (TPSA) is 33.2 Å². The summed E-state index contributed by atoms with van der Waals surface area (Å²) in [4.78, 5) is 21.1. The SMILES string of the molecule is CSc1ccc(C(=O)N(Cc2ccccc2)c2nc3c(C)cccc3s2)cc1. The lowest BCUT2D eigenvalue weighted by atomic mass is 10.1. The van der Waals surface area contributed by atoms with Crippen molar-refractivity contribution in [1.29, 1.82) is 0 Å². The van der Waals surface area contributed by atoms with E-state index in [9.17, 15) is 4.79 Å². The second-order valence-electron chi connectivity index (χ2n) is 6.52. The Balaban J connectivity index is 1.75. The molecular formula is C23H20N2OS2. The zero-order valence-electron chi connectivity index (χ0n) is 15.8. The van der Waals surface area contributed by atoms with E-state index in [4.69, 9.17) is 4.98 Å². The monoisotopic (exact) mass is 404 g/mol. The lowest BCUT2D eigenvalue weighted by Gasteiger charge is -2.20. The summed E-state index contributed by atoms with van der Waals surface area (Å²) in [5.41, 5.74) is 3.83. The molecule has 0 atom stereocenters. The summed E-state index contributed by atoms with van der Waals surface area (Å²) >= 11 is 3.23. The first kappa shape index (κ1) is 18.7. The standard InChI is InChI=1S/C23H20N2OS2/c1-16-7-6-10-20-21(16)24-23(28-20)25(15-17-8-4-3-5-9-17)22(26)18-11-13-19(27-2)14-12-18/h3-14H,15H2,1-2H3. The van der Waals surface area contributed by atoms with Crippen LogP contribution in [0.5, 0.6) is 0 Å². The number of anilines is 1. The quantitative estimate of drug-likeness (QED) is 0.373. The minimum Gasteiger partial charge on any atom is -0.279 e. The van der Waals surface area contributed by atoms with E-state index in [2.05, 4.69) is 19.1 Å². The molecule has 140 valence electrons. The van der Waals surface area contributed by atoms with Gasteiger partial charge in [0.05, 0.1) is 16.8 Å². The first-order valence-electron chi connectivity index (χ1n) is 9.02. The summed E-state index contributed by atoms with van der Waals surface area (Å²) in [6.07, 6.45) is 2.03. The van der Waals surface area contributed by atoms with Crippen molar-refractivity contribution in [3.63, 3.8) is 0 Å². The Hall–Kier alpha value is -2.63. The summed E-state index contributed by atoms with van der Waals surface area (Å²) in [7, 11) is 0. The Kier molecular flexibility index (Phi) is 5.46. The van der Waals surface area contributed by atoms with Crippen molar-refractivity contribution >= 4 is 44.4 Å². The van der Waals surface area contributed by atoms with E-state index in [1.54, 1.807) is 28.0 Å². The van der Waals surface area contributed by atoms with Crippen LogP contribution in [0.1, 0.15) is 21.5 Å². The third kappa shape index (κ3) is 3.81.